The maximum absolute atomic E-state index is 12.8. The zero-order valence-corrected chi connectivity index (χ0v) is 43.6. The lowest BCUT2D eigenvalue weighted by molar-refractivity contribution is -0.167. The number of hydrogen-bond acceptors (Lipinski definition) is 6. The Labute approximate surface area is 399 Å². The number of carbonyl (C=O) groups is 3. The van der Waals surface area contributed by atoms with Crippen LogP contribution in [0.15, 0.2) is 0 Å². The zero-order chi connectivity index (χ0) is 46.5. The van der Waals surface area contributed by atoms with E-state index < -0.39 is 6.10 Å². The van der Waals surface area contributed by atoms with Crippen molar-refractivity contribution >= 4 is 17.9 Å². The third kappa shape index (κ3) is 51.4. The lowest BCUT2D eigenvalue weighted by Crippen LogP contribution is -2.30. The Morgan fingerprint density at radius 1 is 0.250 bits per heavy atom. The van der Waals surface area contributed by atoms with Crippen LogP contribution < -0.4 is 0 Å². The van der Waals surface area contributed by atoms with Gasteiger partial charge in [-0.3, -0.25) is 14.4 Å². The second-order valence-electron chi connectivity index (χ2n) is 19.9. The van der Waals surface area contributed by atoms with E-state index in [4.69, 9.17) is 14.2 Å². The Hall–Kier alpha value is -1.59. The molecule has 6 nitrogen and oxygen atoms in total. The van der Waals surface area contributed by atoms with Crippen molar-refractivity contribution in [3.8, 4) is 0 Å². The Kier molecular flexibility index (Phi) is 52.7. The van der Waals surface area contributed by atoms with Crippen LogP contribution in [0.3, 0.4) is 0 Å². The Bertz CT molecular complexity index is 951. The van der Waals surface area contributed by atoms with Crippen molar-refractivity contribution in [3.63, 3.8) is 0 Å². The van der Waals surface area contributed by atoms with E-state index in [-0.39, 0.29) is 31.1 Å². The molecule has 0 saturated heterocycles. The van der Waals surface area contributed by atoms with Crippen LogP contribution in [0.25, 0.3) is 0 Å². The molecule has 1 atom stereocenters. The predicted molar refractivity (Wildman–Crippen MR) is 275 cm³/mol. The largest absolute Gasteiger partial charge is 0.462 e. The summed E-state index contributed by atoms with van der Waals surface area (Å²) in [6.07, 6.45) is 59.5. The van der Waals surface area contributed by atoms with Gasteiger partial charge in [0.05, 0.1) is 0 Å². The normalized spacial score (nSPS) is 11.9. The summed E-state index contributed by atoms with van der Waals surface area (Å²) < 4.78 is 16.9. The number of unbranched alkanes of at least 4 members (excludes halogenated alkanes) is 43. The molecule has 0 aliphatic heterocycles. The predicted octanol–water partition coefficient (Wildman–Crippen LogP) is 19.2. The van der Waals surface area contributed by atoms with E-state index in [1.807, 2.05) is 0 Å². The molecule has 0 bridgehead atoms. The molecule has 380 valence electrons. The fourth-order valence-corrected chi connectivity index (χ4v) is 8.98. The van der Waals surface area contributed by atoms with Gasteiger partial charge in [-0.2, -0.15) is 0 Å². The summed E-state index contributed by atoms with van der Waals surface area (Å²) in [5, 5.41) is 0. The summed E-state index contributed by atoms with van der Waals surface area (Å²) in [6.45, 7) is 6.70. The second kappa shape index (κ2) is 54.0. The molecule has 64 heavy (non-hydrogen) atoms. The van der Waals surface area contributed by atoms with E-state index in [1.165, 1.54) is 238 Å². The zero-order valence-electron chi connectivity index (χ0n) is 43.6. The van der Waals surface area contributed by atoms with Crippen molar-refractivity contribution in [3.05, 3.63) is 0 Å². The summed E-state index contributed by atoms with van der Waals surface area (Å²) in [5.41, 5.74) is 0. The Morgan fingerprint density at radius 2 is 0.422 bits per heavy atom. The van der Waals surface area contributed by atoms with E-state index in [0.717, 1.165) is 57.8 Å². The molecule has 0 spiro atoms. The van der Waals surface area contributed by atoms with Crippen LogP contribution >= 0.6 is 0 Å². The summed E-state index contributed by atoms with van der Waals surface area (Å²) in [5.74, 6) is -0.833. The van der Waals surface area contributed by atoms with Gasteiger partial charge in [0.1, 0.15) is 13.2 Å². The van der Waals surface area contributed by atoms with Crippen LogP contribution in [0.4, 0.5) is 0 Å². The van der Waals surface area contributed by atoms with Crippen molar-refractivity contribution in [1.29, 1.82) is 0 Å². The molecular weight excluding hydrogens is 793 g/mol. The highest BCUT2D eigenvalue weighted by Crippen LogP contribution is 2.18. The minimum Gasteiger partial charge on any atom is -0.462 e. The molecule has 0 unspecified atom stereocenters. The summed E-state index contributed by atoms with van der Waals surface area (Å²) in [6, 6.07) is 0. The minimum absolute atomic E-state index is 0.0611. The van der Waals surface area contributed by atoms with Crippen LogP contribution in [0.1, 0.15) is 335 Å². The lowest BCUT2D eigenvalue weighted by Gasteiger charge is -2.18. The number of esters is 3. The SMILES string of the molecule is CCCCCCCCCCCCCCCCCCCCCC(=O)OC[C@H](COC(=O)CCCCCCCCCCCCC)OC(=O)CCCCCCCCCCCCCCCCCC. The molecule has 0 amide bonds. The Morgan fingerprint density at radius 3 is 0.625 bits per heavy atom. The molecule has 0 fully saturated rings. The fraction of sp³-hybridized carbons (Fsp3) is 0.948. The molecule has 0 aromatic carbocycles. The van der Waals surface area contributed by atoms with Gasteiger partial charge in [-0.25, -0.2) is 0 Å². The number of rotatable bonds is 54. The molecule has 0 heterocycles. The second-order valence-corrected chi connectivity index (χ2v) is 19.9. The van der Waals surface area contributed by atoms with Crippen LogP contribution in [-0.4, -0.2) is 37.2 Å². The van der Waals surface area contributed by atoms with Gasteiger partial charge in [-0.05, 0) is 19.3 Å². The maximum atomic E-state index is 12.8. The standard InChI is InChI=1S/C58H112O6/c1-4-7-10-13-16-19-22-24-26-28-29-30-32-33-36-39-42-45-48-51-57(60)63-54-55(53-62-56(59)50-47-44-41-38-35-21-18-15-12-9-6-3)64-58(61)52-49-46-43-40-37-34-31-27-25-23-20-17-14-11-8-5-2/h55H,4-54H2,1-3H3/t55-/m0/s1. The summed E-state index contributed by atoms with van der Waals surface area (Å²) >= 11 is 0. The highest BCUT2D eigenvalue weighted by Gasteiger charge is 2.19. The van der Waals surface area contributed by atoms with Crippen molar-refractivity contribution < 1.29 is 28.6 Å². The Balaban J connectivity index is 4.24. The average Bonchev–Trinajstić information content (AvgIpc) is 3.29. The van der Waals surface area contributed by atoms with Crippen LogP contribution in [0.5, 0.6) is 0 Å². The van der Waals surface area contributed by atoms with Gasteiger partial charge >= 0.3 is 17.9 Å². The monoisotopic (exact) mass is 905 g/mol. The number of hydrogen-bond donors (Lipinski definition) is 0. The van der Waals surface area contributed by atoms with Gasteiger partial charge in [-0.1, -0.05) is 297 Å². The first-order valence-electron chi connectivity index (χ1n) is 29.0. The molecule has 0 N–H and O–H groups in total. The van der Waals surface area contributed by atoms with Gasteiger partial charge in [0.2, 0.25) is 0 Å². The van der Waals surface area contributed by atoms with Gasteiger partial charge in [0.25, 0.3) is 0 Å². The van der Waals surface area contributed by atoms with E-state index in [1.54, 1.807) is 0 Å². The molecule has 0 aliphatic rings. The molecule has 0 saturated carbocycles. The highest BCUT2D eigenvalue weighted by atomic mass is 16.6. The van der Waals surface area contributed by atoms with Crippen molar-refractivity contribution in [1.82, 2.24) is 0 Å². The van der Waals surface area contributed by atoms with Gasteiger partial charge in [0.15, 0.2) is 6.10 Å². The maximum Gasteiger partial charge on any atom is 0.306 e. The van der Waals surface area contributed by atoms with Crippen molar-refractivity contribution in [2.45, 2.75) is 341 Å². The fourth-order valence-electron chi connectivity index (χ4n) is 8.98. The minimum atomic E-state index is -0.760. The van der Waals surface area contributed by atoms with E-state index in [2.05, 4.69) is 20.8 Å². The number of ether oxygens (including phenoxy) is 3. The molecule has 0 radical (unpaired) electrons. The highest BCUT2D eigenvalue weighted by molar-refractivity contribution is 5.71. The third-order valence-electron chi connectivity index (χ3n) is 13.4. The first-order valence-corrected chi connectivity index (χ1v) is 29.0. The summed E-state index contributed by atoms with van der Waals surface area (Å²) in [7, 11) is 0. The van der Waals surface area contributed by atoms with Gasteiger partial charge in [-0.15, -0.1) is 0 Å². The molecule has 0 aromatic rings. The van der Waals surface area contributed by atoms with E-state index in [9.17, 15) is 14.4 Å². The molecular formula is C58H112O6. The third-order valence-corrected chi connectivity index (χ3v) is 13.4. The first-order chi connectivity index (χ1) is 31.5. The lowest BCUT2D eigenvalue weighted by atomic mass is 10.0. The molecule has 0 aromatic heterocycles. The first kappa shape index (κ1) is 62.4. The average molecular weight is 906 g/mol. The number of carbonyl (C=O) groups excluding carboxylic acids is 3. The van der Waals surface area contributed by atoms with Crippen molar-refractivity contribution in [2.24, 2.45) is 0 Å². The summed E-state index contributed by atoms with van der Waals surface area (Å²) in [4.78, 5) is 38.1. The molecule has 0 aliphatic carbocycles. The topological polar surface area (TPSA) is 78.9 Å². The molecule has 0 rings (SSSR count). The molecule has 6 heteroatoms. The van der Waals surface area contributed by atoms with Crippen LogP contribution in [-0.2, 0) is 28.6 Å². The smallest absolute Gasteiger partial charge is 0.306 e. The quantitative estimate of drug-likeness (QED) is 0.0344. The van der Waals surface area contributed by atoms with Crippen LogP contribution in [0.2, 0.25) is 0 Å². The van der Waals surface area contributed by atoms with Gasteiger partial charge < -0.3 is 14.2 Å². The van der Waals surface area contributed by atoms with Gasteiger partial charge in [0, 0.05) is 19.3 Å². The van der Waals surface area contributed by atoms with E-state index in [0.29, 0.717) is 19.3 Å². The van der Waals surface area contributed by atoms with Crippen LogP contribution in [0, 0.1) is 0 Å². The van der Waals surface area contributed by atoms with Crippen molar-refractivity contribution in [2.75, 3.05) is 13.2 Å². The van der Waals surface area contributed by atoms with E-state index >= 15 is 0 Å².